The quantitative estimate of drug-likeness (QED) is 0.684. The molecular weight excluding hydrogens is 320 g/mol. The standard InChI is InChI=1S/C18H16N4O3/c23-16-5-2-8-22(16)13-4-1-3-11(9-13)17(24)19-12-6-7-14-15(10-12)21-18(25)20-14/h1,3-4,6-7,9-10H,2,5,8H2,(H,19,24)(H2,20,21,25). The van der Waals surface area contributed by atoms with Crippen molar-refractivity contribution in [3.63, 3.8) is 0 Å². The Morgan fingerprint density at radius 1 is 1.04 bits per heavy atom. The van der Waals surface area contributed by atoms with E-state index in [1.165, 1.54) is 0 Å². The predicted octanol–water partition coefficient (Wildman–Crippen LogP) is 2.24. The van der Waals surface area contributed by atoms with Gasteiger partial charge in [0.1, 0.15) is 0 Å². The Morgan fingerprint density at radius 2 is 1.88 bits per heavy atom. The van der Waals surface area contributed by atoms with Gasteiger partial charge in [-0.3, -0.25) is 9.59 Å². The topological polar surface area (TPSA) is 98.1 Å². The summed E-state index contributed by atoms with van der Waals surface area (Å²) < 4.78 is 0. The molecule has 0 spiro atoms. The molecule has 0 radical (unpaired) electrons. The highest BCUT2D eigenvalue weighted by Gasteiger charge is 2.22. The molecule has 0 aliphatic carbocycles. The average Bonchev–Trinajstić information content (AvgIpc) is 3.19. The van der Waals surface area contributed by atoms with E-state index in [0.717, 1.165) is 12.1 Å². The van der Waals surface area contributed by atoms with E-state index >= 15 is 0 Å². The van der Waals surface area contributed by atoms with Gasteiger partial charge in [0.2, 0.25) is 5.91 Å². The lowest BCUT2D eigenvalue weighted by Crippen LogP contribution is -2.24. The number of H-pyrrole nitrogens is 2. The number of anilines is 2. The number of aromatic amines is 2. The van der Waals surface area contributed by atoms with Crippen LogP contribution in [-0.4, -0.2) is 28.3 Å². The Balaban J connectivity index is 1.57. The summed E-state index contributed by atoms with van der Waals surface area (Å²) >= 11 is 0. The Bertz CT molecular complexity index is 1030. The number of fused-ring (bicyclic) bond motifs is 1. The van der Waals surface area contributed by atoms with Crippen LogP contribution >= 0.6 is 0 Å². The van der Waals surface area contributed by atoms with E-state index in [1.807, 2.05) is 6.07 Å². The van der Waals surface area contributed by atoms with Crippen LogP contribution in [0.3, 0.4) is 0 Å². The van der Waals surface area contributed by atoms with Gasteiger partial charge in [0, 0.05) is 29.9 Å². The first-order valence-electron chi connectivity index (χ1n) is 8.04. The number of hydrogen-bond donors (Lipinski definition) is 3. The van der Waals surface area contributed by atoms with Crippen molar-refractivity contribution in [3.05, 3.63) is 58.5 Å². The maximum atomic E-state index is 12.5. The van der Waals surface area contributed by atoms with E-state index in [2.05, 4.69) is 15.3 Å². The van der Waals surface area contributed by atoms with Crippen molar-refractivity contribution in [2.24, 2.45) is 0 Å². The third kappa shape index (κ3) is 2.91. The maximum Gasteiger partial charge on any atom is 0.323 e. The van der Waals surface area contributed by atoms with Gasteiger partial charge in [0.05, 0.1) is 11.0 Å². The number of imidazole rings is 1. The molecule has 0 saturated carbocycles. The molecule has 2 heterocycles. The van der Waals surface area contributed by atoms with Crippen LogP contribution in [-0.2, 0) is 4.79 Å². The summed E-state index contributed by atoms with van der Waals surface area (Å²) in [5.74, 6) is -0.190. The van der Waals surface area contributed by atoms with E-state index in [9.17, 15) is 14.4 Å². The Labute approximate surface area is 142 Å². The summed E-state index contributed by atoms with van der Waals surface area (Å²) in [4.78, 5) is 42.7. The van der Waals surface area contributed by atoms with Crippen LogP contribution in [0.2, 0.25) is 0 Å². The van der Waals surface area contributed by atoms with Gasteiger partial charge in [0.25, 0.3) is 5.91 Å². The summed E-state index contributed by atoms with van der Waals surface area (Å²) in [6.07, 6.45) is 1.38. The number of aromatic nitrogens is 2. The highest BCUT2D eigenvalue weighted by atomic mass is 16.2. The van der Waals surface area contributed by atoms with Crippen molar-refractivity contribution in [1.29, 1.82) is 0 Å². The predicted molar refractivity (Wildman–Crippen MR) is 94.9 cm³/mol. The van der Waals surface area contributed by atoms with Crippen LogP contribution in [0.25, 0.3) is 11.0 Å². The second-order valence-corrected chi connectivity index (χ2v) is 5.99. The minimum atomic E-state index is -0.290. The van der Waals surface area contributed by atoms with Crippen LogP contribution in [0.4, 0.5) is 11.4 Å². The molecule has 7 nitrogen and oxygen atoms in total. The van der Waals surface area contributed by atoms with Gasteiger partial charge in [-0.15, -0.1) is 0 Å². The molecular formula is C18H16N4O3. The van der Waals surface area contributed by atoms with Crippen molar-refractivity contribution in [2.45, 2.75) is 12.8 Å². The monoisotopic (exact) mass is 336 g/mol. The van der Waals surface area contributed by atoms with Gasteiger partial charge in [-0.25, -0.2) is 4.79 Å². The molecule has 1 aliphatic rings. The van der Waals surface area contributed by atoms with E-state index in [-0.39, 0.29) is 17.5 Å². The first kappa shape index (κ1) is 15.2. The number of rotatable bonds is 3. The van der Waals surface area contributed by atoms with Crippen molar-refractivity contribution >= 4 is 34.2 Å². The maximum absolute atomic E-state index is 12.5. The van der Waals surface area contributed by atoms with E-state index in [0.29, 0.717) is 35.2 Å². The number of amides is 2. The third-order valence-corrected chi connectivity index (χ3v) is 4.27. The molecule has 0 unspecified atom stereocenters. The summed E-state index contributed by atoms with van der Waals surface area (Å²) in [6.45, 7) is 0.682. The molecule has 3 N–H and O–H groups in total. The summed E-state index contributed by atoms with van der Waals surface area (Å²) in [5.41, 5.74) is 2.80. The van der Waals surface area contributed by atoms with Crippen molar-refractivity contribution < 1.29 is 9.59 Å². The zero-order chi connectivity index (χ0) is 17.4. The molecule has 2 aromatic carbocycles. The minimum Gasteiger partial charge on any atom is -0.322 e. The molecule has 0 bridgehead atoms. The molecule has 2 amide bonds. The van der Waals surface area contributed by atoms with Crippen LogP contribution in [0.5, 0.6) is 0 Å². The van der Waals surface area contributed by atoms with Crippen LogP contribution in [0.15, 0.2) is 47.3 Å². The fourth-order valence-electron chi connectivity index (χ4n) is 3.05. The Morgan fingerprint density at radius 3 is 2.68 bits per heavy atom. The molecule has 3 aromatic rings. The van der Waals surface area contributed by atoms with E-state index in [4.69, 9.17) is 0 Å². The fraction of sp³-hybridized carbons (Fsp3) is 0.167. The summed E-state index contributed by atoms with van der Waals surface area (Å²) in [5, 5.41) is 2.81. The van der Waals surface area contributed by atoms with Gasteiger partial charge in [-0.1, -0.05) is 6.07 Å². The first-order chi connectivity index (χ1) is 12.1. The van der Waals surface area contributed by atoms with Crippen LogP contribution in [0.1, 0.15) is 23.2 Å². The molecule has 1 saturated heterocycles. The van der Waals surface area contributed by atoms with Gasteiger partial charge in [-0.05, 0) is 42.8 Å². The van der Waals surface area contributed by atoms with Gasteiger partial charge < -0.3 is 20.2 Å². The largest absolute Gasteiger partial charge is 0.323 e. The Hall–Kier alpha value is -3.35. The van der Waals surface area contributed by atoms with Crippen LogP contribution < -0.4 is 15.9 Å². The molecule has 4 rings (SSSR count). The number of hydrogen-bond acceptors (Lipinski definition) is 3. The molecule has 7 heteroatoms. The lowest BCUT2D eigenvalue weighted by molar-refractivity contribution is -0.117. The van der Waals surface area contributed by atoms with Gasteiger partial charge in [0.15, 0.2) is 0 Å². The number of benzene rings is 2. The fourth-order valence-corrected chi connectivity index (χ4v) is 3.05. The normalized spacial score (nSPS) is 14.2. The second kappa shape index (κ2) is 5.94. The smallest absolute Gasteiger partial charge is 0.322 e. The molecule has 1 fully saturated rings. The van der Waals surface area contributed by atoms with Crippen LogP contribution in [0, 0.1) is 0 Å². The third-order valence-electron chi connectivity index (χ3n) is 4.27. The van der Waals surface area contributed by atoms with E-state index < -0.39 is 0 Å². The van der Waals surface area contributed by atoms with Gasteiger partial charge >= 0.3 is 5.69 Å². The highest BCUT2D eigenvalue weighted by Crippen LogP contribution is 2.23. The molecule has 126 valence electrons. The lowest BCUT2D eigenvalue weighted by Gasteiger charge is -2.16. The SMILES string of the molecule is O=C(Nc1ccc2[nH]c(=O)[nH]c2c1)c1cccc(N2CCCC2=O)c1. The summed E-state index contributed by atoms with van der Waals surface area (Å²) in [6, 6.07) is 12.2. The summed E-state index contributed by atoms with van der Waals surface area (Å²) in [7, 11) is 0. The number of nitrogens with one attached hydrogen (secondary N) is 3. The minimum absolute atomic E-state index is 0.0828. The number of carbonyl (C=O) groups excluding carboxylic acids is 2. The van der Waals surface area contributed by atoms with Crippen molar-refractivity contribution in [3.8, 4) is 0 Å². The zero-order valence-electron chi connectivity index (χ0n) is 13.3. The second-order valence-electron chi connectivity index (χ2n) is 5.99. The molecule has 0 atom stereocenters. The highest BCUT2D eigenvalue weighted by molar-refractivity contribution is 6.06. The first-order valence-corrected chi connectivity index (χ1v) is 8.04. The number of carbonyl (C=O) groups is 2. The van der Waals surface area contributed by atoms with Crippen molar-refractivity contribution in [2.75, 3.05) is 16.8 Å². The Kier molecular flexibility index (Phi) is 3.61. The lowest BCUT2D eigenvalue weighted by atomic mass is 10.1. The van der Waals surface area contributed by atoms with Crippen molar-refractivity contribution in [1.82, 2.24) is 9.97 Å². The van der Waals surface area contributed by atoms with E-state index in [1.54, 1.807) is 41.3 Å². The molecule has 1 aromatic heterocycles. The number of nitrogens with zero attached hydrogens (tertiary/aromatic N) is 1. The molecule has 25 heavy (non-hydrogen) atoms. The average molecular weight is 336 g/mol. The van der Waals surface area contributed by atoms with Gasteiger partial charge in [-0.2, -0.15) is 0 Å². The molecule has 1 aliphatic heterocycles. The zero-order valence-corrected chi connectivity index (χ0v) is 13.3.